The van der Waals surface area contributed by atoms with Gasteiger partial charge in [-0.3, -0.25) is 0 Å². The highest BCUT2D eigenvalue weighted by Crippen LogP contribution is 2.19. The van der Waals surface area contributed by atoms with E-state index in [-0.39, 0.29) is 6.04 Å². The number of anilines is 1. The van der Waals surface area contributed by atoms with Crippen molar-refractivity contribution in [3.63, 3.8) is 0 Å². The van der Waals surface area contributed by atoms with E-state index in [0.29, 0.717) is 5.92 Å². The van der Waals surface area contributed by atoms with Crippen molar-refractivity contribution < 1.29 is 4.74 Å². The predicted octanol–water partition coefficient (Wildman–Crippen LogP) is 1.96. The van der Waals surface area contributed by atoms with Crippen LogP contribution in [0.1, 0.15) is 31.4 Å². The van der Waals surface area contributed by atoms with E-state index < -0.39 is 0 Å². The van der Waals surface area contributed by atoms with Crippen molar-refractivity contribution in [2.24, 2.45) is 11.7 Å². The molecule has 0 spiro atoms. The van der Waals surface area contributed by atoms with Crippen molar-refractivity contribution >= 4 is 5.82 Å². The van der Waals surface area contributed by atoms with Gasteiger partial charge in [-0.1, -0.05) is 0 Å². The average Bonchev–Trinajstić information content (AvgIpc) is 2.40. The normalized spacial score (nSPS) is 21.6. The Labute approximate surface area is 109 Å². The first-order valence-corrected chi connectivity index (χ1v) is 6.67. The first-order chi connectivity index (χ1) is 8.66. The molecule has 1 aliphatic rings. The van der Waals surface area contributed by atoms with Crippen molar-refractivity contribution in [3.8, 4) is 0 Å². The second kappa shape index (κ2) is 6.16. The van der Waals surface area contributed by atoms with E-state index in [9.17, 15) is 0 Å². The second-order valence-corrected chi connectivity index (χ2v) is 5.20. The Bertz CT molecular complexity index is 375. The van der Waals surface area contributed by atoms with Gasteiger partial charge in [0.05, 0.1) is 6.61 Å². The van der Waals surface area contributed by atoms with Gasteiger partial charge in [-0.15, -0.1) is 0 Å². The van der Waals surface area contributed by atoms with E-state index >= 15 is 0 Å². The van der Waals surface area contributed by atoms with Crippen molar-refractivity contribution in [1.29, 1.82) is 0 Å². The Hall–Kier alpha value is -1.13. The van der Waals surface area contributed by atoms with Crippen molar-refractivity contribution in [1.82, 2.24) is 4.98 Å². The lowest BCUT2D eigenvalue weighted by molar-refractivity contribution is 0.0576. The lowest BCUT2D eigenvalue weighted by atomic mass is 10.0. The lowest BCUT2D eigenvalue weighted by Gasteiger charge is -2.28. The fraction of sp³-hybridized carbons (Fsp3) is 0.643. The molecule has 1 aromatic rings. The number of nitrogens with zero attached hydrogens (tertiary/aromatic N) is 2. The Morgan fingerprint density at radius 2 is 2.44 bits per heavy atom. The second-order valence-electron chi connectivity index (χ2n) is 5.20. The molecule has 2 atom stereocenters. The molecule has 1 fully saturated rings. The highest BCUT2D eigenvalue weighted by molar-refractivity contribution is 5.40. The van der Waals surface area contributed by atoms with Crippen LogP contribution < -0.4 is 10.6 Å². The molecule has 0 aliphatic carbocycles. The summed E-state index contributed by atoms with van der Waals surface area (Å²) in [6, 6.07) is 4.11. The van der Waals surface area contributed by atoms with Gasteiger partial charge in [0.1, 0.15) is 5.82 Å². The summed E-state index contributed by atoms with van der Waals surface area (Å²) in [6.07, 6.45) is 4.25. The number of nitrogens with two attached hydrogens (primary N) is 1. The predicted molar refractivity (Wildman–Crippen MR) is 73.7 cm³/mol. The summed E-state index contributed by atoms with van der Waals surface area (Å²) in [5.74, 6) is 1.61. The number of ether oxygens (including phenoxy) is 1. The number of hydrogen-bond donors (Lipinski definition) is 1. The van der Waals surface area contributed by atoms with E-state index in [0.717, 1.165) is 31.1 Å². The number of rotatable bonds is 4. The molecule has 2 rings (SSSR count). The summed E-state index contributed by atoms with van der Waals surface area (Å²) in [7, 11) is 2.09. The maximum absolute atomic E-state index is 5.90. The van der Waals surface area contributed by atoms with Crippen LogP contribution in [0.25, 0.3) is 0 Å². The Kier molecular flexibility index (Phi) is 4.55. The quantitative estimate of drug-likeness (QED) is 0.886. The van der Waals surface area contributed by atoms with E-state index in [1.54, 1.807) is 0 Å². The zero-order chi connectivity index (χ0) is 13.0. The van der Waals surface area contributed by atoms with Crippen molar-refractivity contribution in [3.05, 3.63) is 23.9 Å². The average molecular weight is 249 g/mol. The van der Waals surface area contributed by atoms with Crippen LogP contribution in [0.4, 0.5) is 5.82 Å². The summed E-state index contributed by atoms with van der Waals surface area (Å²) in [5.41, 5.74) is 7.03. The molecule has 0 bridgehead atoms. The molecule has 1 saturated heterocycles. The lowest BCUT2D eigenvalue weighted by Crippen LogP contribution is -2.31. The maximum Gasteiger partial charge on any atom is 0.128 e. The zero-order valence-corrected chi connectivity index (χ0v) is 11.3. The molecule has 0 amide bonds. The van der Waals surface area contributed by atoms with Gasteiger partial charge in [-0.05, 0) is 43.4 Å². The Morgan fingerprint density at radius 1 is 1.61 bits per heavy atom. The molecule has 1 aromatic heterocycles. The van der Waals surface area contributed by atoms with Gasteiger partial charge in [-0.2, -0.15) is 0 Å². The minimum absolute atomic E-state index is 0.0539. The van der Waals surface area contributed by atoms with Crippen LogP contribution in [0.15, 0.2) is 18.3 Å². The van der Waals surface area contributed by atoms with Gasteiger partial charge < -0.3 is 15.4 Å². The molecule has 1 aliphatic heterocycles. The fourth-order valence-corrected chi connectivity index (χ4v) is 2.36. The van der Waals surface area contributed by atoms with E-state index in [4.69, 9.17) is 10.5 Å². The van der Waals surface area contributed by atoms with E-state index in [1.807, 2.05) is 19.2 Å². The SMILES string of the molecule is C[C@@H](N)c1ccnc(N(C)CC2CCCOC2)c1. The summed E-state index contributed by atoms with van der Waals surface area (Å²) in [6.45, 7) is 4.78. The van der Waals surface area contributed by atoms with Crippen LogP contribution in [-0.4, -0.2) is 31.8 Å². The number of hydrogen-bond acceptors (Lipinski definition) is 4. The standard InChI is InChI=1S/C14H23N3O/c1-11(15)13-5-6-16-14(8-13)17(2)9-12-4-3-7-18-10-12/h5-6,8,11-12H,3-4,7,9-10,15H2,1-2H3/t11-,12?/m1/s1. The van der Waals surface area contributed by atoms with Gasteiger partial charge in [0.25, 0.3) is 0 Å². The van der Waals surface area contributed by atoms with Gasteiger partial charge in [0, 0.05) is 32.4 Å². The molecular formula is C14H23N3O. The minimum Gasteiger partial charge on any atom is -0.381 e. The smallest absolute Gasteiger partial charge is 0.128 e. The molecule has 18 heavy (non-hydrogen) atoms. The zero-order valence-electron chi connectivity index (χ0n) is 11.3. The van der Waals surface area contributed by atoms with Gasteiger partial charge in [-0.25, -0.2) is 4.98 Å². The molecule has 100 valence electrons. The van der Waals surface area contributed by atoms with Crippen LogP contribution in [-0.2, 0) is 4.74 Å². The van der Waals surface area contributed by atoms with Crippen LogP contribution in [0, 0.1) is 5.92 Å². The molecule has 0 radical (unpaired) electrons. The van der Waals surface area contributed by atoms with Crippen LogP contribution in [0.3, 0.4) is 0 Å². The van der Waals surface area contributed by atoms with Crippen LogP contribution in [0.2, 0.25) is 0 Å². The number of pyridine rings is 1. The maximum atomic E-state index is 5.90. The Morgan fingerprint density at radius 3 is 3.11 bits per heavy atom. The van der Waals surface area contributed by atoms with Crippen molar-refractivity contribution in [2.45, 2.75) is 25.8 Å². The monoisotopic (exact) mass is 249 g/mol. The van der Waals surface area contributed by atoms with E-state index in [1.165, 1.54) is 12.8 Å². The molecule has 0 saturated carbocycles. The van der Waals surface area contributed by atoms with Crippen LogP contribution in [0.5, 0.6) is 0 Å². The van der Waals surface area contributed by atoms with Gasteiger partial charge >= 0.3 is 0 Å². The summed E-state index contributed by atoms with van der Waals surface area (Å²) in [4.78, 5) is 6.62. The summed E-state index contributed by atoms with van der Waals surface area (Å²) < 4.78 is 5.51. The van der Waals surface area contributed by atoms with Gasteiger partial charge in [0.15, 0.2) is 0 Å². The molecule has 4 heteroatoms. The molecule has 4 nitrogen and oxygen atoms in total. The third kappa shape index (κ3) is 3.43. The first-order valence-electron chi connectivity index (χ1n) is 6.67. The molecule has 1 unspecified atom stereocenters. The highest BCUT2D eigenvalue weighted by atomic mass is 16.5. The molecular weight excluding hydrogens is 226 g/mol. The first kappa shape index (κ1) is 13.3. The highest BCUT2D eigenvalue weighted by Gasteiger charge is 2.16. The fourth-order valence-electron chi connectivity index (χ4n) is 2.36. The summed E-state index contributed by atoms with van der Waals surface area (Å²) >= 11 is 0. The molecule has 0 aromatic carbocycles. The third-order valence-corrected chi connectivity index (χ3v) is 3.47. The molecule has 2 N–H and O–H groups in total. The topological polar surface area (TPSA) is 51.4 Å². The van der Waals surface area contributed by atoms with Crippen molar-refractivity contribution in [2.75, 3.05) is 31.7 Å². The van der Waals surface area contributed by atoms with E-state index in [2.05, 4.69) is 23.0 Å². The largest absolute Gasteiger partial charge is 0.381 e. The molecule has 2 heterocycles. The number of aromatic nitrogens is 1. The summed E-state index contributed by atoms with van der Waals surface area (Å²) in [5, 5.41) is 0. The minimum atomic E-state index is 0.0539. The van der Waals surface area contributed by atoms with Gasteiger partial charge in [0.2, 0.25) is 0 Å². The third-order valence-electron chi connectivity index (χ3n) is 3.47. The Balaban J connectivity index is 1.99. The van der Waals surface area contributed by atoms with Crippen LogP contribution >= 0.6 is 0 Å².